The Labute approximate surface area is 123 Å². The van der Waals surface area contributed by atoms with Crippen molar-refractivity contribution in [1.29, 1.82) is 0 Å². The maximum absolute atomic E-state index is 3.74. The average Bonchev–Trinajstić information content (AvgIpc) is 2.70. The molecule has 2 saturated heterocycles. The fraction of sp³-hybridized carbons (Fsp3) is 0.667. The van der Waals surface area contributed by atoms with Crippen LogP contribution >= 0.6 is 0 Å². The number of piperidine rings is 1. The predicted molar refractivity (Wildman–Crippen MR) is 84.8 cm³/mol. The van der Waals surface area contributed by atoms with Crippen LogP contribution in [0.4, 0.5) is 0 Å². The summed E-state index contributed by atoms with van der Waals surface area (Å²) in [6.07, 6.45) is 6.76. The summed E-state index contributed by atoms with van der Waals surface area (Å²) in [7, 11) is 0. The van der Waals surface area contributed by atoms with E-state index < -0.39 is 0 Å². The molecule has 3 rings (SSSR count). The summed E-state index contributed by atoms with van der Waals surface area (Å²) in [6, 6.07) is 11.5. The van der Waals surface area contributed by atoms with Crippen molar-refractivity contribution < 1.29 is 0 Å². The summed E-state index contributed by atoms with van der Waals surface area (Å²) >= 11 is 0. The maximum atomic E-state index is 3.74. The molecule has 1 aromatic carbocycles. The number of nitrogens with one attached hydrogen (secondary N) is 1. The van der Waals surface area contributed by atoms with Gasteiger partial charge in [0.25, 0.3) is 0 Å². The molecule has 2 aliphatic heterocycles. The standard InChI is InChI=1S/C18H28N2/c1-3-10-19-16-11-17-8-9-18(12-16)20(17)13-15-6-4-14(2)5-7-15/h4-7,16-19H,3,8-13H2,1-2H3. The second-order valence-corrected chi connectivity index (χ2v) is 6.67. The van der Waals surface area contributed by atoms with E-state index in [2.05, 4.69) is 48.3 Å². The number of rotatable bonds is 5. The van der Waals surface area contributed by atoms with Crippen LogP contribution in [-0.2, 0) is 6.54 Å². The van der Waals surface area contributed by atoms with E-state index in [4.69, 9.17) is 0 Å². The van der Waals surface area contributed by atoms with Crippen LogP contribution in [0.3, 0.4) is 0 Å². The smallest absolute Gasteiger partial charge is 0.0239 e. The lowest BCUT2D eigenvalue weighted by molar-refractivity contribution is 0.109. The average molecular weight is 272 g/mol. The van der Waals surface area contributed by atoms with E-state index in [0.717, 1.165) is 24.7 Å². The van der Waals surface area contributed by atoms with Gasteiger partial charge in [-0.15, -0.1) is 0 Å². The molecule has 20 heavy (non-hydrogen) atoms. The molecule has 1 N–H and O–H groups in total. The first-order valence-electron chi connectivity index (χ1n) is 8.31. The van der Waals surface area contributed by atoms with Gasteiger partial charge >= 0.3 is 0 Å². The van der Waals surface area contributed by atoms with Crippen molar-refractivity contribution in [1.82, 2.24) is 10.2 Å². The van der Waals surface area contributed by atoms with Gasteiger partial charge in [0.15, 0.2) is 0 Å². The largest absolute Gasteiger partial charge is 0.314 e. The van der Waals surface area contributed by atoms with Gasteiger partial charge in [0.2, 0.25) is 0 Å². The number of fused-ring (bicyclic) bond motifs is 2. The van der Waals surface area contributed by atoms with Gasteiger partial charge in [-0.25, -0.2) is 0 Å². The van der Waals surface area contributed by atoms with Crippen LogP contribution in [-0.4, -0.2) is 29.6 Å². The highest BCUT2D eigenvalue weighted by Crippen LogP contribution is 2.36. The highest BCUT2D eigenvalue weighted by Gasteiger charge is 2.40. The van der Waals surface area contributed by atoms with Gasteiger partial charge in [-0.1, -0.05) is 36.8 Å². The van der Waals surface area contributed by atoms with Gasteiger partial charge in [-0.3, -0.25) is 4.90 Å². The summed E-state index contributed by atoms with van der Waals surface area (Å²) in [5.74, 6) is 0. The first-order chi connectivity index (χ1) is 9.76. The molecule has 2 fully saturated rings. The zero-order valence-corrected chi connectivity index (χ0v) is 12.9. The van der Waals surface area contributed by atoms with Crippen LogP contribution in [0, 0.1) is 6.92 Å². The molecule has 0 aromatic heterocycles. The molecule has 0 aliphatic carbocycles. The van der Waals surface area contributed by atoms with Crippen molar-refractivity contribution >= 4 is 0 Å². The molecule has 2 nitrogen and oxygen atoms in total. The monoisotopic (exact) mass is 272 g/mol. The normalized spacial score (nSPS) is 29.8. The Bertz CT molecular complexity index is 412. The fourth-order valence-corrected chi connectivity index (χ4v) is 3.95. The van der Waals surface area contributed by atoms with E-state index in [-0.39, 0.29) is 0 Å². The Kier molecular flexibility index (Phi) is 4.42. The molecule has 2 heterocycles. The summed E-state index contributed by atoms with van der Waals surface area (Å²) in [5.41, 5.74) is 2.84. The van der Waals surface area contributed by atoms with E-state index in [0.29, 0.717) is 0 Å². The second-order valence-electron chi connectivity index (χ2n) is 6.67. The molecule has 0 saturated carbocycles. The molecule has 110 valence electrons. The predicted octanol–water partition coefficient (Wildman–Crippen LogP) is 3.49. The zero-order valence-electron chi connectivity index (χ0n) is 12.9. The number of hydrogen-bond donors (Lipinski definition) is 1. The highest BCUT2D eigenvalue weighted by atomic mass is 15.2. The second kappa shape index (κ2) is 6.28. The molecule has 2 aliphatic rings. The van der Waals surface area contributed by atoms with E-state index in [9.17, 15) is 0 Å². The minimum Gasteiger partial charge on any atom is -0.314 e. The molecular formula is C18H28N2. The number of nitrogens with zero attached hydrogens (tertiary/aromatic N) is 1. The van der Waals surface area contributed by atoms with Gasteiger partial charge in [-0.05, 0) is 51.1 Å². The van der Waals surface area contributed by atoms with Gasteiger partial charge in [-0.2, -0.15) is 0 Å². The van der Waals surface area contributed by atoms with Crippen molar-refractivity contribution in [3.63, 3.8) is 0 Å². The Morgan fingerprint density at radius 1 is 1.10 bits per heavy atom. The quantitative estimate of drug-likeness (QED) is 0.882. The van der Waals surface area contributed by atoms with Crippen LogP contribution in [0.15, 0.2) is 24.3 Å². The first kappa shape index (κ1) is 14.1. The van der Waals surface area contributed by atoms with Gasteiger partial charge in [0.1, 0.15) is 0 Å². The minimum atomic E-state index is 0.765. The molecule has 2 heteroatoms. The topological polar surface area (TPSA) is 15.3 Å². The molecular weight excluding hydrogens is 244 g/mol. The van der Waals surface area contributed by atoms with Crippen molar-refractivity contribution in [2.75, 3.05) is 6.54 Å². The first-order valence-corrected chi connectivity index (χ1v) is 8.31. The third kappa shape index (κ3) is 3.07. The molecule has 2 atom stereocenters. The molecule has 2 bridgehead atoms. The number of hydrogen-bond acceptors (Lipinski definition) is 2. The number of benzene rings is 1. The van der Waals surface area contributed by atoms with E-state index in [1.54, 1.807) is 0 Å². The maximum Gasteiger partial charge on any atom is 0.0239 e. The fourth-order valence-electron chi connectivity index (χ4n) is 3.95. The van der Waals surface area contributed by atoms with Crippen LogP contribution in [0.5, 0.6) is 0 Å². The third-order valence-corrected chi connectivity index (χ3v) is 5.05. The van der Waals surface area contributed by atoms with Gasteiger partial charge in [0.05, 0.1) is 0 Å². The van der Waals surface area contributed by atoms with Crippen LogP contribution < -0.4 is 5.32 Å². The lowest BCUT2D eigenvalue weighted by Crippen LogP contribution is -2.48. The van der Waals surface area contributed by atoms with Crippen molar-refractivity contribution in [3.8, 4) is 0 Å². The Morgan fingerprint density at radius 3 is 2.35 bits per heavy atom. The summed E-state index contributed by atoms with van der Waals surface area (Å²) < 4.78 is 0. The SMILES string of the molecule is CCCNC1CC2CCC(C1)N2Cc1ccc(C)cc1. The summed E-state index contributed by atoms with van der Waals surface area (Å²) in [6.45, 7) is 6.75. The Hall–Kier alpha value is -0.860. The van der Waals surface area contributed by atoms with Crippen molar-refractivity contribution in [2.24, 2.45) is 0 Å². The van der Waals surface area contributed by atoms with Crippen LogP contribution in [0.25, 0.3) is 0 Å². The Morgan fingerprint density at radius 2 is 1.75 bits per heavy atom. The van der Waals surface area contributed by atoms with Gasteiger partial charge < -0.3 is 5.32 Å². The van der Waals surface area contributed by atoms with E-state index in [1.807, 2.05) is 0 Å². The molecule has 0 amide bonds. The summed E-state index contributed by atoms with van der Waals surface area (Å²) in [5, 5.41) is 3.74. The molecule has 0 spiro atoms. The molecule has 2 unspecified atom stereocenters. The van der Waals surface area contributed by atoms with Crippen LogP contribution in [0.2, 0.25) is 0 Å². The lowest BCUT2D eigenvalue weighted by Gasteiger charge is -2.39. The number of aryl methyl sites for hydroxylation is 1. The minimum absolute atomic E-state index is 0.765. The van der Waals surface area contributed by atoms with E-state index >= 15 is 0 Å². The highest BCUT2D eigenvalue weighted by molar-refractivity contribution is 5.21. The van der Waals surface area contributed by atoms with Gasteiger partial charge in [0, 0.05) is 24.7 Å². The third-order valence-electron chi connectivity index (χ3n) is 5.05. The van der Waals surface area contributed by atoms with Crippen LogP contribution in [0.1, 0.15) is 50.2 Å². The van der Waals surface area contributed by atoms with Crippen molar-refractivity contribution in [3.05, 3.63) is 35.4 Å². The van der Waals surface area contributed by atoms with Crippen molar-refractivity contribution in [2.45, 2.75) is 70.6 Å². The molecule has 1 aromatic rings. The summed E-state index contributed by atoms with van der Waals surface area (Å²) in [4.78, 5) is 2.77. The Balaban J connectivity index is 1.60. The van der Waals surface area contributed by atoms with E-state index in [1.165, 1.54) is 49.8 Å². The molecule has 0 radical (unpaired) electrons. The lowest BCUT2D eigenvalue weighted by atomic mass is 9.96. The zero-order chi connectivity index (χ0) is 13.9.